The van der Waals surface area contributed by atoms with E-state index in [-0.39, 0.29) is 0 Å². The molecule has 0 radical (unpaired) electrons. The van der Waals surface area contributed by atoms with Crippen LogP contribution < -0.4 is 5.73 Å². The molecule has 1 heterocycles. The third-order valence-electron chi connectivity index (χ3n) is 2.24. The molecular weight excluding hydrogens is 154 g/mol. The third kappa shape index (κ3) is 1.33. The van der Waals surface area contributed by atoms with Gasteiger partial charge >= 0.3 is 0 Å². The highest BCUT2D eigenvalue weighted by Gasteiger charge is 2.35. The zero-order valence-corrected chi connectivity index (χ0v) is 7.53. The van der Waals surface area contributed by atoms with Gasteiger partial charge in [-0.3, -0.25) is 0 Å². The molecule has 1 aromatic heterocycles. The van der Waals surface area contributed by atoms with Crippen molar-refractivity contribution in [1.82, 2.24) is 0 Å². The highest BCUT2D eigenvalue weighted by molar-refractivity contribution is 7.12. The molecule has 1 saturated carbocycles. The maximum Gasteiger partial charge on any atom is 0.0123 e. The van der Waals surface area contributed by atoms with Crippen molar-refractivity contribution in [3.05, 3.63) is 21.9 Å². The van der Waals surface area contributed by atoms with Gasteiger partial charge in [-0.1, -0.05) is 6.92 Å². The van der Waals surface area contributed by atoms with Gasteiger partial charge in [-0.15, -0.1) is 11.3 Å². The number of aryl methyl sites for hydroxylation is 1. The van der Waals surface area contributed by atoms with Gasteiger partial charge in [0.2, 0.25) is 0 Å². The summed E-state index contributed by atoms with van der Waals surface area (Å²) in [5.74, 6) is 0.695. The average Bonchev–Trinajstić information content (AvgIpc) is 2.59. The van der Waals surface area contributed by atoms with Gasteiger partial charge in [0.05, 0.1) is 0 Å². The van der Waals surface area contributed by atoms with Crippen LogP contribution in [0.4, 0.5) is 0 Å². The predicted octanol–water partition coefficient (Wildman–Crippen LogP) is 2.13. The summed E-state index contributed by atoms with van der Waals surface area (Å²) in [7, 11) is 0. The normalized spacial score (nSPS) is 28.9. The van der Waals surface area contributed by atoms with Gasteiger partial charge in [-0.2, -0.15) is 0 Å². The summed E-state index contributed by atoms with van der Waals surface area (Å²) in [5.41, 5.74) is 5.76. The Morgan fingerprint density at radius 1 is 1.64 bits per heavy atom. The molecule has 0 aromatic carbocycles. The summed E-state index contributed by atoms with van der Waals surface area (Å²) in [6.45, 7) is 2.20. The minimum atomic E-state index is 0.457. The van der Waals surface area contributed by atoms with Crippen LogP contribution in [0.25, 0.3) is 0 Å². The lowest BCUT2D eigenvalue weighted by Crippen LogP contribution is -1.99. The zero-order valence-electron chi connectivity index (χ0n) is 6.71. The molecule has 2 heteroatoms. The second kappa shape index (κ2) is 2.61. The summed E-state index contributed by atoms with van der Waals surface area (Å²) < 4.78 is 0. The first-order valence-electron chi connectivity index (χ1n) is 4.15. The van der Waals surface area contributed by atoms with Crippen LogP contribution in [0.5, 0.6) is 0 Å². The Kier molecular flexibility index (Phi) is 1.74. The predicted molar refractivity (Wildman–Crippen MR) is 49.0 cm³/mol. The van der Waals surface area contributed by atoms with Crippen LogP contribution in [0.2, 0.25) is 0 Å². The minimum absolute atomic E-state index is 0.457. The van der Waals surface area contributed by atoms with E-state index in [0.29, 0.717) is 12.0 Å². The van der Waals surface area contributed by atoms with Crippen molar-refractivity contribution >= 4 is 11.3 Å². The van der Waals surface area contributed by atoms with Crippen molar-refractivity contribution in [2.75, 3.05) is 0 Å². The SMILES string of the molecule is CCc1ccc(C2CC2N)s1. The van der Waals surface area contributed by atoms with E-state index in [4.69, 9.17) is 5.73 Å². The van der Waals surface area contributed by atoms with Crippen molar-refractivity contribution < 1.29 is 0 Å². The van der Waals surface area contributed by atoms with E-state index >= 15 is 0 Å². The van der Waals surface area contributed by atoms with E-state index in [1.807, 2.05) is 11.3 Å². The number of nitrogens with two attached hydrogens (primary N) is 1. The smallest absolute Gasteiger partial charge is 0.0123 e. The van der Waals surface area contributed by atoms with Gasteiger partial charge in [0.15, 0.2) is 0 Å². The molecule has 1 aromatic rings. The molecule has 2 unspecified atom stereocenters. The molecule has 60 valence electrons. The molecule has 1 aliphatic rings. The van der Waals surface area contributed by atoms with E-state index < -0.39 is 0 Å². The lowest BCUT2D eigenvalue weighted by Gasteiger charge is -1.88. The van der Waals surface area contributed by atoms with Crippen molar-refractivity contribution in [1.29, 1.82) is 0 Å². The average molecular weight is 167 g/mol. The Balaban J connectivity index is 2.13. The highest BCUT2D eigenvalue weighted by atomic mass is 32.1. The van der Waals surface area contributed by atoms with Crippen molar-refractivity contribution in [2.45, 2.75) is 31.7 Å². The Morgan fingerprint density at radius 2 is 2.36 bits per heavy atom. The second-order valence-corrected chi connectivity index (χ2v) is 4.36. The molecule has 2 atom stereocenters. The lowest BCUT2D eigenvalue weighted by atomic mass is 10.3. The number of rotatable bonds is 2. The van der Waals surface area contributed by atoms with Crippen molar-refractivity contribution in [2.24, 2.45) is 5.73 Å². The molecule has 0 saturated heterocycles. The van der Waals surface area contributed by atoms with E-state index in [9.17, 15) is 0 Å². The molecule has 1 fully saturated rings. The topological polar surface area (TPSA) is 26.0 Å². The molecule has 0 bridgehead atoms. The number of hydrogen-bond donors (Lipinski definition) is 1. The Hall–Kier alpha value is -0.340. The lowest BCUT2D eigenvalue weighted by molar-refractivity contribution is 1.01. The van der Waals surface area contributed by atoms with Crippen molar-refractivity contribution in [3.63, 3.8) is 0 Å². The molecule has 11 heavy (non-hydrogen) atoms. The highest BCUT2D eigenvalue weighted by Crippen LogP contribution is 2.42. The fourth-order valence-electron chi connectivity index (χ4n) is 1.33. The van der Waals surface area contributed by atoms with Crippen molar-refractivity contribution in [3.8, 4) is 0 Å². The molecule has 0 aliphatic heterocycles. The summed E-state index contributed by atoms with van der Waals surface area (Å²) in [4.78, 5) is 2.98. The van der Waals surface area contributed by atoms with E-state index in [1.54, 1.807) is 0 Å². The van der Waals surface area contributed by atoms with Crippen LogP contribution in [0.15, 0.2) is 12.1 Å². The van der Waals surface area contributed by atoms with E-state index in [1.165, 1.54) is 16.2 Å². The fourth-order valence-corrected chi connectivity index (χ4v) is 2.47. The van der Waals surface area contributed by atoms with E-state index in [2.05, 4.69) is 19.1 Å². The summed E-state index contributed by atoms with van der Waals surface area (Å²) >= 11 is 1.93. The Labute approximate surface area is 71.2 Å². The van der Waals surface area contributed by atoms with Gasteiger partial charge in [0.1, 0.15) is 0 Å². The maximum atomic E-state index is 5.76. The third-order valence-corrected chi connectivity index (χ3v) is 3.60. The first kappa shape index (κ1) is 7.32. The molecule has 1 nitrogen and oxygen atoms in total. The van der Waals surface area contributed by atoms with Gasteiger partial charge in [-0.05, 0) is 25.0 Å². The minimum Gasteiger partial charge on any atom is -0.327 e. The first-order valence-corrected chi connectivity index (χ1v) is 4.97. The Bertz CT molecular complexity index is 254. The van der Waals surface area contributed by atoms with Crippen LogP contribution in [0.3, 0.4) is 0 Å². The zero-order chi connectivity index (χ0) is 7.84. The largest absolute Gasteiger partial charge is 0.327 e. The van der Waals surface area contributed by atoms with Gasteiger partial charge in [0, 0.05) is 21.7 Å². The van der Waals surface area contributed by atoms with Crippen LogP contribution >= 0.6 is 11.3 Å². The monoisotopic (exact) mass is 167 g/mol. The van der Waals surface area contributed by atoms with Gasteiger partial charge in [-0.25, -0.2) is 0 Å². The van der Waals surface area contributed by atoms with Gasteiger partial charge < -0.3 is 5.73 Å². The molecule has 0 amide bonds. The van der Waals surface area contributed by atoms with Crippen LogP contribution in [-0.2, 0) is 6.42 Å². The summed E-state index contributed by atoms with van der Waals surface area (Å²) in [6.07, 6.45) is 2.36. The number of hydrogen-bond acceptors (Lipinski definition) is 2. The fraction of sp³-hybridized carbons (Fsp3) is 0.556. The maximum absolute atomic E-state index is 5.76. The number of thiophene rings is 1. The second-order valence-electron chi connectivity index (χ2n) is 3.16. The quantitative estimate of drug-likeness (QED) is 0.717. The molecule has 1 aliphatic carbocycles. The molecule has 0 spiro atoms. The Morgan fingerprint density at radius 3 is 2.82 bits per heavy atom. The van der Waals surface area contributed by atoms with Crippen LogP contribution in [-0.4, -0.2) is 6.04 Å². The van der Waals surface area contributed by atoms with E-state index in [0.717, 1.165) is 6.42 Å². The summed E-state index contributed by atoms with van der Waals surface area (Å²) in [5, 5.41) is 0. The summed E-state index contributed by atoms with van der Waals surface area (Å²) in [6, 6.07) is 4.92. The van der Waals surface area contributed by atoms with Gasteiger partial charge in [0.25, 0.3) is 0 Å². The first-order chi connectivity index (χ1) is 5.31. The molecular formula is C9H13NS. The molecule has 2 N–H and O–H groups in total. The van der Waals surface area contributed by atoms with Crippen LogP contribution in [0.1, 0.15) is 29.0 Å². The molecule has 2 rings (SSSR count). The van der Waals surface area contributed by atoms with Crippen LogP contribution in [0, 0.1) is 0 Å². The standard InChI is InChI=1S/C9H13NS/c1-2-6-3-4-9(11-6)7-5-8(7)10/h3-4,7-8H,2,5,10H2,1H3.